The number of amides is 3. The van der Waals surface area contributed by atoms with Crippen LogP contribution in [-0.2, 0) is 9.59 Å². The summed E-state index contributed by atoms with van der Waals surface area (Å²) >= 11 is 12.8. The number of nitrogens with zero attached hydrogens (tertiary/aromatic N) is 1. The van der Waals surface area contributed by atoms with Gasteiger partial charge < -0.3 is 14.8 Å². The maximum absolute atomic E-state index is 12.9. The van der Waals surface area contributed by atoms with Crippen molar-refractivity contribution in [2.45, 2.75) is 6.92 Å². The number of anilines is 1. The second-order valence-electron chi connectivity index (χ2n) is 8.02. The van der Waals surface area contributed by atoms with Gasteiger partial charge in [-0.05, 0) is 79.4 Å². The molecule has 0 atom stereocenters. The Kier molecular flexibility index (Phi) is 8.76. The zero-order valence-electron chi connectivity index (χ0n) is 19.7. The number of hydrogen-bond acceptors (Lipinski definition) is 6. The molecule has 10 heteroatoms. The zero-order chi connectivity index (χ0) is 26.4. The molecule has 1 aliphatic rings. The van der Waals surface area contributed by atoms with Gasteiger partial charge in [0, 0.05) is 21.3 Å². The molecule has 0 bridgehead atoms. The molecule has 0 spiro atoms. The topological polar surface area (TPSA) is 84.9 Å². The fourth-order valence-electron chi connectivity index (χ4n) is 3.36. The van der Waals surface area contributed by atoms with E-state index in [0.717, 1.165) is 22.2 Å². The van der Waals surface area contributed by atoms with Crippen molar-refractivity contribution in [2.75, 3.05) is 25.1 Å². The second-order valence-corrected chi connectivity index (χ2v) is 9.89. The van der Waals surface area contributed by atoms with Crippen molar-refractivity contribution < 1.29 is 23.9 Å². The van der Waals surface area contributed by atoms with Crippen molar-refractivity contribution in [1.82, 2.24) is 4.90 Å². The summed E-state index contributed by atoms with van der Waals surface area (Å²) in [5.74, 6) is 0.185. The minimum atomic E-state index is -0.436. The van der Waals surface area contributed by atoms with Crippen molar-refractivity contribution in [3.05, 3.63) is 92.8 Å². The lowest BCUT2D eigenvalue weighted by Crippen LogP contribution is -2.32. The van der Waals surface area contributed by atoms with Crippen molar-refractivity contribution in [3.8, 4) is 11.5 Å². The summed E-state index contributed by atoms with van der Waals surface area (Å²) in [6.07, 6.45) is 1.53. The maximum atomic E-state index is 12.9. The lowest BCUT2D eigenvalue weighted by molar-refractivity contribution is -0.123. The Balaban J connectivity index is 1.39. The molecule has 37 heavy (non-hydrogen) atoms. The van der Waals surface area contributed by atoms with Gasteiger partial charge in [-0.3, -0.25) is 19.3 Å². The van der Waals surface area contributed by atoms with Crippen LogP contribution in [0.15, 0.2) is 71.6 Å². The number of imide groups is 1. The van der Waals surface area contributed by atoms with E-state index in [1.165, 1.54) is 6.08 Å². The molecular formula is C27H22Cl2N2O5S. The van der Waals surface area contributed by atoms with Crippen LogP contribution in [0.1, 0.15) is 11.1 Å². The summed E-state index contributed by atoms with van der Waals surface area (Å²) in [6.45, 7) is 1.98. The van der Waals surface area contributed by atoms with Crippen LogP contribution in [-0.4, -0.2) is 41.7 Å². The number of thioether (sulfide) groups is 1. The fraction of sp³-hybridized carbons (Fsp3) is 0.148. The predicted molar refractivity (Wildman–Crippen MR) is 146 cm³/mol. The number of carbonyl (C=O) groups excluding carboxylic acids is 3. The van der Waals surface area contributed by atoms with Crippen molar-refractivity contribution in [3.63, 3.8) is 0 Å². The van der Waals surface area contributed by atoms with Gasteiger partial charge in [-0.15, -0.1) is 0 Å². The first-order valence-electron chi connectivity index (χ1n) is 11.2. The molecule has 4 rings (SSSR count). The van der Waals surface area contributed by atoms with Crippen LogP contribution in [0.4, 0.5) is 10.5 Å². The Hall–Kier alpha value is -3.46. The van der Waals surface area contributed by atoms with Gasteiger partial charge in [0.2, 0.25) is 0 Å². The second kappa shape index (κ2) is 12.2. The number of halogens is 2. The molecule has 1 aliphatic heterocycles. The van der Waals surface area contributed by atoms with Gasteiger partial charge in [-0.1, -0.05) is 40.9 Å². The largest absolute Gasteiger partial charge is 0.492 e. The van der Waals surface area contributed by atoms with Gasteiger partial charge in [0.1, 0.15) is 18.1 Å². The number of benzene rings is 3. The lowest BCUT2D eigenvalue weighted by Gasteiger charge is -2.13. The highest BCUT2D eigenvalue weighted by molar-refractivity contribution is 8.18. The van der Waals surface area contributed by atoms with Crippen molar-refractivity contribution >= 4 is 63.8 Å². The van der Waals surface area contributed by atoms with Crippen molar-refractivity contribution in [2.24, 2.45) is 0 Å². The van der Waals surface area contributed by atoms with Gasteiger partial charge in [-0.2, -0.15) is 0 Å². The molecule has 1 N–H and O–H groups in total. The molecular weight excluding hydrogens is 535 g/mol. The molecule has 1 heterocycles. The molecule has 190 valence electrons. The highest BCUT2D eigenvalue weighted by atomic mass is 35.5. The first-order chi connectivity index (χ1) is 17.8. The van der Waals surface area contributed by atoms with E-state index in [1.807, 2.05) is 31.2 Å². The first-order valence-corrected chi connectivity index (χ1v) is 12.8. The van der Waals surface area contributed by atoms with E-state index in [0.29, 0.717) is 32.8 Å². The molecule has 0 aromatic heterocycles. The molecule has 3 amide bonds. The maximum Gasteiger partial charge on any atom is 0.293 e. The van der Waals surface area contributed by atoms with Crippen molar-refractivity contribution in [1.29, 1.82) is 0 Å². The van der Waals surface area contributed by atoms with E-state index in [4.69, 9.17) is 32.7 Å². The Morgan fingerprint density at radius 2 is 1.68 bits per heavy atom. The summed E-state index contributed by atoms with van der Waals surface area (Å²) in [4.78, 5) is 39.1. The molecule has 0 unspecified atom stereocenters. The van der Waals surface area contributed by atoms with Crippen LogP contribution in [0.5, 0.6) is 11.5 Å². The van der Waals surface area contributed by atoms with E-state index in [2.05, 4.69) is 5.32 Å². The van der Waals surface area contributed by atoms with E-state index in [-0.39, 0.29) is 30.6 Å². The number of rotatable bonds is 9. The average molecular weight is 557 g/mol. The molecule has 1 fully saturated rings. The monoisotopic (exact) mass is 556 g/mol. The molecule has 1 saturated heterocycles. The normalized spacial score (nSPS) is 14.2. The smallest absolute Gasteiger partial charge is 0.293 e. The van der Waals surface area contributed by atoms with Crippen LogP contribution in [0.25, 0.3) is 6.08 Å². The fourth-order valence-corrected chi connectivity index (χ4v) is 4.52. The molecule has 0 aliphatic carbocycles. The van der Waals surface area contributed by atoms with E-state index in [1.54, 1.807) is 42.5 Å². The van der Waals surface area contributed by atoms with E-state index < -0.39 is 11.1 Å². The molecule has 3 aromatic carbocycles. The lowest BCUT2D eigenvalue weighted by atomic mass is 10.2. The predicted octanol–water partition coefficient (Wildman–Crippen LogP) is 6.43. The van der Waals surface area contributed by atoms with Crippen LogP contribution >= 0.6 is 35.0 Å². The van der Waals surface area contributed by atoms with Crippen LogP contribution in [0.2, 0.25) is 10.0 Å². The van der Waals surface area contributed by atoms with Gasteiger partial charge in [0.25, 0.3) is 17.1 Å². The van der Waals surface area contributed by atoms with E-state index in [9.17, 15) is 14.4 Å². The highest BCUT2D eigenvalue weighted by Gasteiger charge is 2.35. The summed E-state index contributed by atoms with van der Waals surface area (Å²) in [5.41, 5.74) is 2.15. The quantitative estimate of drug-likeness (QED) is 0.305. The zero-order valence-corrected chi connectivity index (χ0v) is 22.0. The number of carbonyl (C=O) groups is 3. The molecule has 7 nitrogen and oxygen atoms in total. The Bertz CT molecular complexity index is 1340. The van der Waals surface area contributed by atoms with Gasteiger partial charge >= 0.3 is 0 Å². The minimum Gasteiger partial charge on any atom is -0.492 e. The number of hydrogen-bond donors (Lipinski definition) is 1. The third kappa shape index (κ3) is 7.29. The minimum absolute atomic E-state index is 0.111. The van der Waals surface area contributed by atoms with Gasteiger partial charge in [0.15, 0.2) is 6.61 Å². The van der Waals surface area contributed by atoms with E-state index >= 15 is 0 Å². The van der Waals surface area contributed by atoms with Gasteiger partial charge in [0.05, 0.1) is 11.4 Å². The summed E-state index contributed by atoms with van der Waals surface area (Å²) < 4.78 is 11.3. The number of aryl methyl sites for hydroxylation is 1. The Labute approximate surface area is 228 Å². The average Bonchev–Trinajstić information content (AvgIpc) is 3.13. The van der Waals surface area contributed by atoms with Crippen LogP contribution in [0, 0.1) is 6.92 Å². The third-order valence-electron chi connectivity index (χ3n) is 5.22. The first kappa shape index (κ1) is 26.6. The standard InChI is InChI=1S/C27H22Cl2N2O5S/c1-17-2-9-22(10-3-17)35-13-12-31-26(33)24(37-27(31)34)15-18-14-20(29)6-11-23(18)36-16-25(32)30-21-7-4-19(28)5-8-21/h2-11,14-15H,12-13,16H2,1H3,(H,30,32)/b24-15-. The van der Waals surface area contributed by atoms with Crippen LogP contribution < -0.4 is 14.8 Å². The number of ether oxygens (including phenoxy) is 2. The molecule has 3 aromatic rings. The van der Waals surface area contributed by atoms with Gasteiger partial charge in [-0.25, -0.2) is 0 Å². The van der Waals surface area contributed by atoms with Crippen LogP contribution in [0.3, 0.4) is 0 Å². The highest BCUT2D eigenvalue weighted by Crippen LogP contribution is 2.34. The Morgan fingerprint density at radius 3 is 2.41 bits per heavy atom. The number of nitrogens with one attached hydrogen (secondary N) is 1. The molecule has 0 radical (unpaired) electrons. The summed E-state index contributed by atoms with van der Waals surface area (Å²) in [6, 6.07) is 19.0. The Morgan fingerprint density at radius 1 is 0.973 bits per heavy atom. The SMILES string of the molecule is Cc1ccc(OCCN2C(=O)S/C(=C\c3cc(Cl)ccc3OCC(=O)Nc3ccc(Cl)cc3)C2=O)cc1. The summed E-state index contributed by atoms with van der Waals surface area (Å²) in [7, 11) is 0. The molecule has 0 saturated carbocycles. The third-order valence-corrected chi connectivity index (χ3v) is 6.62. The summed E-state index contributed by atoms with van der Waals surface area (Å²) in [5, 5.41) is 3.29.